The highest BCUT2D eigenvalue weighted by molar-refractivity contribution is 7.69. The van der Waals surface area contributed by atoms with E-state index in [1.807, 2.05) is 0 Å². The molecule has 2 heteroatoms. The van der Waals surface area contributed by atoms with E-state index in [0.717, 1.165) is 0 Å². The van der Waals surface area contributed by atoms with Crippen molar-refractivity contribution in [1.82, 2.24) is 0 Å². The number of rotatable bonds is 7. The Morgan fingerprint density at radius 1 is 0.411 bits per heavy atom. The molecule has 0 aliphatic carbocycles. The molecule has 0 unspecified atom stereocenters. The zero-order chi connectivity index (χ0) is 43.0. The van der Waals surface area contributed by atoms with Crippen molar-refractivity contribution in [2.75, 3.05) is 0 Å². The van der Waals surface area contributed by atoms with E-state index in [0.29, 0.717) is 17.8 Å². The normalized spacial score (nSPS) is 13.0. The van der Waals surface area contributed by atoms with Gasteiger partial charge in [0, 0.05) is 0 Å². The average Bonchev–Trinajstić information content (AvgIpc) is 3.04. The lowest BCUT2D eigenvalue weighted by Gasteiger charge is -2.45. The first-order valence-corrected chi connectivity index (χ1v) is 24.2. The minimum atomic E-state index is -0.431. The average molecular weight is 793 g/mol. The Labute approximate surface area is 350 Å². The molecule has 0 radical (unpaired) electrons. The molecule has 0 spiro atoms. The fourth-order valence-corrected chi connectivity index (χ4v) is 17.8. The second-order valence-corrected chi connectivity index (χ2v) is 29.1. The molecule has 0 nitrogen and oxygen atoms in total. The molecule has 4 aromatic rings. The number of hydrogen-bond acceptors (Lipinski definition) is 0. The van der Waals surface area contributed by atoms with Crippen LogP contribution in [0.25, 0.3) is 22.3 Å². The predicted molar refractivity (Wildman–Crippen MR) is 262 cm³/mol. The molecule has 0 aliphatic heterocycles. The van der Waals surface area contributed by atoms with Gasteiger partial charge in [-0.25, -0.2) is 0 Å². The summed E-state index contributed by atoms with van der Waals surface area (Å²) in [5.74, 6) is 1.50. The summed E-state index contributed by atoms with van der Waals surface area (Å²) < 4.78 is 0. The SMILES string of the molecule is Cc1c(C)c(C)c(P(C(C)(C)C)C(C)(C)C)c(-c2c(C(C)C)cc(C(C)C)cc2C(C)C)c1C.Cc1ccccc1-c1ccccc1P(C(C)(C)C)C(C)(C)C. The fourth-order valence-electron chi connectivity index (χ4n) is 9.30. The first-order valence-electron chi connectivity index (χ1n) is 21.5. The highest BCUT2D eigenvalue weighted by Crippen LogP contribution is 2.62. The first-order chi connectivity index (χ1) is 25.4. The van der Waals surface area contributed by atoms with Gasteiger partial charge in [0.25, 0.3) is 0 Å². The lowest BCUT2D eigenvalue weighted by molar-refractivity contribution is 0.714. The third-order valence-corrected chi connectivity index (χ3v) is 18.8. The Balaban J connectivity index is 0.000000329. The maximum atomic E-state index is 2.53. The molecule has 308 valence electrons. The second kappa shape index (κ2) is 17.9. The van der Waals surface area contributed by atoms with Gasteiger partial charge < -0.3 is 0 Å². The molecule has 56 heavy (non-hydrogen) atoms. The summed E-state index contributed by atoms with van der Waals surface area (Å²) >= 11 is 0. The van der Waals surface area contributed by atoms with Crippen molar-refractivity contribution in [3.63, 3.8) is 0 Å². The minimum absolute atomic E-state index is 0.217. The van der Waals surface area contributed by atoms with Crippen LogP contribution in [0.4, 0.5) is 0 Å². The molecule has 4 rings (SSSR count). The highest BCUT2D eigenvalue weighted by Gasteiger charge is 2.40. The van der Waals surface area contributed by atoms with Crippen molar-refractivity contribution in [2.45, 2.75) is 198 Å². The molecular formula is C54H82P2. The van der Waals surface area contributed by atoms with E-state index in [4.69, 9.17) is 0 Å². The Kier molecular flexibility index (Phi) is 15.4. The molecule has 0 aliphatic rings. The van der Waals surface area contributed by atoms with Crippen molar-refractivity contribution < 1.29 is 0 Å². The molecular weight excluding hydrogens is 711 g/mol. The summed E-state index contributed by atoms with van der Waals surface area (Å²) in [5, 5.41) is 4.19. The summed E-state index contributed by atoms with van der Waals surface area (Å²) in [6.07, 6.45) is 0. The van der Waals surface area contributed by atoms with E-state index in [1.165, 1.54) is 66.5 Å². The van der Waals surface area contributed by atoms with Crippen LogP contribution in [-0.2, 0) is 0 Å². The van der Waals surface area contributed by atoms with Crippen molar-refractivity contribution in [3.05, 3.63) is 105 Å². The fraction of sp³-hybridized carbons (Fsp3) is 0.556. The third-order valence-electron chi connectivity index (χ3n) is 11.5. The largest absolute Gasteiger partial charge is 0.0636 e. The van der Waals surface area contributed by atoms with Crippen LogP contribution in [-0.4, -0.2) is 20.6 Å². The van der Waals surface area contributed by atoms with Gasteiger partial charge in [-0.3, -0.25) is 0 Å². The van der Waals surface area contributed by atoms with Crippen LogP contribution >= 0.6 is 15.8 Å². The van der Waals surface area contributed by atoms with Crippen LogP contribution in [0.15, 0.2) is 60.7 Å². The van der Waals surface area contributed by atoms with Gasteiger partial charge in [0.15, 0.2) is 0 Å². The Morgan fingerprint density at radius 2 is 0.804 bits per heavy atom. The van der Waals surface area contributed by atoms with Crippen molar-refractivity contribution in [2.24, 2.45) is 0 Å². The van der Waals surface area contributed by atoms with E-state index >= 15 is 0 Å². The lowest BCUT2D eigenvalue weighted by atomic mass is 9.79. The lowest BCUT2D eigenvalue weighted by Crippen LogP contribution is -2.34. The highest BCUT2D eigenvalue weighted by atomic mass is 31.1. The summed E-state index contributed by atoms with van der Waals surface area (Å²) in [4.78, 5) is 0. The van der Waals surface area contributed by atoms with Gasteiger partial charge in [-0.05, 0) is 150 Å². The Hall–Kier alpha value is -2.26. The van der Waals surface area contributed by atoms with Crippen LogP contribution in [0.2, 0.25) is 0 Å². The molecule has 0 bridgehead atoms. The standard InChI is InChI=1S/C33H53P.C21H29P/c1-19(2)26-17-27(20(3)4)30(28(18-26)21(5)6)29-24(9)22(7)23(8)25(10)31(29)34(32(11,12)13)33(14,15)16;1-16-12-8-9-13-17(16)18-14-10-11-15-19(18)22(20(2,3)4)21(5,6)7/h17-21H,1-16H3;8-15H,1-7H3. The molecule has 0 atom stereocenters. The molecule has 0 fully saturated rings. The number of aryl methyl sites for hydroxylation is 1. The molecule has 0 saturated heterocycles. The third kappa shape index (κ3) is 10.7. The Morgan fingerprint density at radius 3 is 1.20 bits per heavy atom. The quantitative estimate of drug-likeness (QED) is 0.164. The molecule has 0 saturated carbocycles. The van der Waals surface area contributed by atoms with E-state index < -0.39 is 7.92 Å². The van der Waals surface area contributed by atoms with Gasteiger partial charge >= 0.3 is 0 Å². The number of benzene rings is 4. The van der Waals surface area contributed by atoms with E-state index in [2.05, 4.69) is 220 Å². The number of hydrogen-bond donors (Lipinski definition) is 0. The van der Waals surface area contributed by atoms with E-state index in [9.17, 15) is 0 Å². The van der Waals surface area contributed by atoms with Crippen molar-refractivity contribution in [3.8, 4) is 22.3 Å². The van der Waals surface area contributed by atoms with Gasteiger partial charge in [-0.1, -0.05) is 201 Å². The first kappa shape index (κ1) is 48.1. The van der Waals surface area contributed by atoms with Gasteiger partial charge in [0.2, 0.25) is 0 Å². The van der Waals surface area contributed by atoms with Crippen LogP contribution in [0.5, 0.6) is 0 Å². The molecule has 0 aromatic heterocycles. The van der Waals surface area contributed by atoms with Crippen molar-refractivity contribution >= 4 is 26.5 Å². The van der Waals surface area contributed by atoms with Gasteiger partial charge in [-0.15, -0.1) is 0 Å². The van der Waals surface area contributed by atoms with Gasteiger partial charge in [-0.2, -0.15) is 0 Å². The summed E-state index contributed by atoms with van der Waals surface area (Å²) in [6, 6.07) is 22.8. The maximum absolute atomic E-state index is 2.53. The molecule has 0 amide bonds. The zero-order valence-electron chi connectivity index (χ0n) is 40.4. The maximum Gasteiger partial charge on any atom is -0.00660 e. The van der Waals surface area contributed by atoms with Gasteiger partial charge in [0.05, 0.1) is 0 Å². The zero-order valence-corrected chi connectivity index (χ0v) is 42.2. The molecule has 0 N–H and O–H groups in total. The predicted octanol–water partition coefficient (Wildman–Crippen LogP) is 17.0. The summed E-state index contributed by atoms with van der Waals surface area (Å²) in [5.41, 5.74) is 17.7. The van der Waals surface area contributed by atoms with E-state index in [1.54, 1.807) is 10.9 Å². The van der Waals surface area contributed by atoms with Gasteiger partial charge in [0.1, 0.15) is 0 Å². The Bertz CT molecular complexity index is 1900. The topological polar surface area (TPSA) is 0 Å². The second-order valence-electron chi connectivity index (χ2n) is 21.4. The minimum Gasteiger partial charge on any atom is -0.0636 e. The van der Waals surface area contributed by atoms with E-state index in [-0.39, 0.29) is 28.5 Å². The molecule has 4 aromatic carbocycles. The van der Waals surface area contributed by atoms with Crippen LogP contribution in [0, 0.1) is 34.6 Å². The van der Waals surface area contributed by atoms with Crippen LogP contribution in [0.3, 0.4) is 0 Å². The van der Waals surface area contributed by atoms with Crippen LogP contribution < -0.4 is 10.6 Å². The van der Waals surface area contributed by atoms with Crippen molar-refractivity contribution in [1.29, 1.82) is 0 Å². The molecule has 0 heterocycles. The van der Waals surface area contributed by atoms with Crippen LogP contribution in [0.1, 0.15) is 187 Å². The smallest absolute Gasteiger partial charge is 0.00660 e. The summed E-state index contributed by atoms with van der Waals surface area (Å²) in [6.45, 7) is 55.0. The summed E-state index contributed by atoms with van der Waals surface area (Å²) in [7, 11) is -0.726. The monoisotopic (exact) mass is 793 g/mol.